The molecule has 22 heavy (non-hydrogen) atoms. The van der Waals surface area contributed by atoms with Gasteiger partial charge in [0.25, 0.3) is 0 Å². The quantitative estimate of drug-likeness (QED) is 0.564. The molecule has 2 heteroatoms. The summed E-state index contributed by atoms with van der Waals surface area (Å²) in [4.78, 5) is 12.3. The number of hydrogen-bond donors (Lipinski definition) is 0. The molecule has 0 bridgehead atoms. The highest BCUT2D eigenvalue weighted by molar-refractivity contribution is 9.10. The highest BCUT2D eigenvalue weighted by Gasteiger charge is 2.07. The SMILES string of the molecule is O=C(Cc1ccc(Br)cc1)c1ccc(-c2ccccc2)cc1. The Morgan fingerprint density at radius 2 is 1.32 bits per heavy atom. The largest absolute Gasteiger partial charge is 0.294 e. The lowest BCUT2D eigenvalue weighted by molar-refractivity contribution is 0.0993. The highest BCUT2D eigenvalue weighted by atomic mass is 79.9. The van der Waals surface area contributed by atoms with Crippen molar-refractivity contribution in [1.82, 2.24) is 0 Å². The fourth-order valence-electron chi connectivity index (χ4n) is 2.37. The maximum absolute atomic E-state index is 12.3. The van der Waals surface area contributed by atoms with E-state index in [1.54, 1.807) is 0 Å². The summed E-state index contributed by atoms with van der Waals surface area (Å²) in [6.45, 7) is 0. The predicted molar refractivity (Wildman–Crippen MR) is 94.1 cm³/mol. The lowest BCUT2D eigenvalue weighted by Gasteiger charge is -2.05. The molecule has 0 spiro atoms. The lowest BCUT2D eigenvalue weighted by Crippen LogP contribution is -2.03. The van der Waals surface area contributed by atoms with Gasteiger partial charge >= 0.3 is 0 Å². The molecule has 0 aliphatic carbocycles. The minimum Gasteiger partial charge on any atom is -0.294 e. The fourth-order valence-corrected chi connectivity index (χ4v) is 2.63. The number of hydrogen-bond acceptors (Lipinski definition) is 1. The second kappa shape index (κ2) is 6.71. The van der Waals surface area contributed by atoms with Gasteiger partial charge in [0.05, 0.1) is 0 Å². The zero-order chi connectivity index (χ0) is 15.4. The number of carbonyl (C=O) groups is 1. The summed E-state index contributed by atoms with van der Waals surface area (Å²) < 4.78 is 1.02. The van der Waals surface area contributed by atoms with Gasteiger partial charge in [-0.25, -0.2) is 0 Å². The molecule has 108 valence electrons. The zero-order valence-electron chi connectivity index (χ0n) is 12.0. The average molecular weight is 351 g/mol. The van der Waals surface area contributed by atoms with E-state index in [1.165, 1.54) is 0 Å². The normalized spacial score (nSPS) is 10.4. The average Bonchev–Trinajstić information content (AvgIpc) is 2.58. The number of ketones is 1. The van der Waals surface area contributed by atoms with Gasteiger partial charge in [-0.05, 0) is 28.8 Å². The van der Waals surface area contributed by atoms with E-state index >= 15 is 0 Å². The Kier molecular flexibility index (Phi) is 4.50. The lowest BCUT2D eigenvalue weighted by atomic mass is 9.99. The summed E-state index contributed by atoms with van der Waals surface area (Å²) >= 11 is 3.40. The van der Waals surface area contributed by atoms with Crippen molar-refractivity contribution in [2.75, 3.05) is 0 Å². The summed E-state index contributed by atoms with van der Waals surface area (Å²) in [6.07, 6.45) is 0.429. The first kappa shape index (κ1) is 14.7. The van der Waals surface area contributed by atoms with E-state index in [-0.39, 0.29) is 5.78 Å². The Labute approximate surface area is 138 Å². The van der Waals surface area contributed by atoms with Crippen molar-refractivity contribution in [3.8, 4) is 11.1 Å². The zero-order valence-corrected chi connectivity index (χ0v) is 13.6. The van der Waals surface area contributed by atoms with Gasteiger partial charge in [-0.2, -0.15) is 0 Å². The number of Topliss-reactive ketones (excluding diaryl/α,β-unsaturated/α-hetero) is 1. The van der Waals surface area contributed by atoms with Gasteiger partial charge in [0.2, 0.25) is 0 Å². The van der Waals surface area contributed by atoms with Crippen molar-refractivity contribution >= 4 is 21.7 Å². The fraction of sp³-hybridized carbons (Fsp3) is 0.0500. The third-order valence-corrected chi connectivity index (χ3v) is 4.12. The third kappa shape index (κ3) is 3.52. The first-order chi connectivity index (χ1) is 10.7. The Bertz CT molecular complexity index is 759. The molecule has 0 heterocycles. The molecule has 0 fully saturated rings. The number of rotatable bonds is 4. The number of benzene rings is 3. The molecule has 0 N–H and O–H groups in total. The molecule has 0 aromatic heterocycles. The molecule has 0 saturated carbocycles. The molecular formula is C20H15BrO. The molecule has 0 atom stereocenters. The molecule has 3 aromatic rings. The third-order valence-electron chi connectivity index (χ3n) is 3.59. The van der Waals surface area contributed by atoms with Crippen LogP contribution in [0.3, 0.4) is 0 Å². The molecule has 0 radical (unpaired) electrons. The Morgan fingerprint density at radius 1 is 0.727 bits per heavy atom. The molecule has 0 unspecified atom stereocenters. The van der Waals surface area contributed by atoms with Crippen LogP contribution in [0.2, 0.25) is 0 Å². The molecule has 0 amide bonds. The molecular weight excluding hydrogens is 336 g/mol. The van der Waals surface area contributed by atoms with Crippen molar-refractivity contribution in [2.45, 2.75) is 6.42 Å². The van der Waals surface area contributed by atoms with Crippen LogP contribution in [0.25, 0.3) is 11.1 Å². The summed E-state index contributed by atoms with van der Waals surface area (Å²) in [5, 5.41) is 0. The van der Waals surface area contributed by atoms with Gasteiger partial charge in [0, 0.05) is 16.5 Å². The van der Waals surface area contributed by atoms with Gasteiger partial charge in [-0.1, -0.05) is 82.7 Å². The van der Waals surface area contributed by atoms with Crippen LogP contribution >= 0.6 is 15.9 Å². The van der Waals surface area contributed by atoms with Crippen LogP contribution in [0.15, 0.2) is 83.3 Å². The monoisotopic (exact) mass is 350 g/mol. The van der Waals surface area contributed by atoms with Crippen LogP contribution in [0, 0.1) is 0 Å². The van der Waals surface area contributed by atoms with E-state index in [9.17, 15) is 4.79 Å². The van der Waals surface area contributed by atoms with E-state index in [0.717, 1.165) is 26.7 Å². The van der Waals surface area contributed by atoms with Gasteiger partial charge in [0.1, 0.15) is 0 Å². The molecule has 0 saturated heterocycles. The van der Waals surface area contributed by atoms with Crippen LogP contribution in [-0.2, 0) is 6.42 Å². The van der Waals surface area contributed by atoms with Crippen LogP contribution in [-0.4, -0.2) is 5.78 Å². The van der Waals surface area contributed by atoms with Gasteiger partial charge in [-0.3, -0.25) is 4.79 Å². The van der Waals surface area contributed by atoms with E-state index in [0.29, 0.717) is 6.42 Å². The van der Waals surface area contributed by atoms with E-state index in [4.69, 9.17) is 0 Å². The topological polar surface area (TPSA) is 17.1 Å². The first-order valence-electron chi connectivity index (χ1n) is 7.15. The second-order valence-electron chi connectivity index (χ2n) is 5.17. The summed E-state index contributed by atoms with van der Waals surface area (Å²) in [5.74, 6) is 0.141. The van der Waals surface area contributed by atoms with Crippen LogP contribution in [0.1, 0.15) is 15.9 Å². The van der Waals surface area contributed by atoms with Gasteiger partial charge < -0.3 is 0 Å². The summed E-state index contributed by atoms with van der Waals surface area (Å²) in [5.41, 5.74) is 4.07. The Morgan fingerprint density at radius 3 is 1.95 bits per heavy atom. The molecule has 0 aliphatic rings. The first-order valence-corrected chi connectivity index (χ1v) is 7.95. The van der Waals surface area contributed by atoms with Crippen molar-refractivity contribution in [1.29, 1.82) is 0 Å². The summed E-state index contributed by atoms with van der Waals surface area (Å²) in [7, 11) is 0. The van der Waals surface area contributed by atoms with E-state index < -0.39 is 0 Å². The Hall–Kier alpha value is -2.19. The number of carbonyl (C=O) groups excluding carboxylic acids is 1. The maximum atomic E-state index is 12.3. The smallest absolute Gasteiger partial charge is 0.167 e. The predicted octanol–water partition coefficient (Wildman–Crippen LogP) is 5.54. The molecule has 0 aliphatic heterocycles. The van der Waals surface area contributed by atoms with Crippen LogP contribution in [0.5, 0.6) is 0 Å². The molecule has 3 aromatic carbocycles. The van der Waals surface area contributed by atoms with E-state index in [1.807, 2.05) is 66.7 Å². The van der Waals surface area contributed by atoms with Crippen molar-refractivity contribution in [3.63, 3.8) is 0 Å². The molecule has 3 rings (SSSR count). The van der Waals surface area contributed by atoms with Gasteiger partial charge in [-0.15, -0.1) is 0 Å². The van der Waals surface area contributed by atoms with Crippen molar-refractivity contribution in [2.24, 2.45) is 0 Å². The second-order valence-corrected chi connectivity index (χ2v) is 6.09. The minimum atomic E-state index is 0.141. The van der Waals surface area contributed by atoms with Crippen molar-refractivity contribution < 1.29 is 4.79 Å². The maximum Gasteiger partial charge on any atom is 0.167 e. The standard InChI is InChI=1S/C20H15BrO/c21-19-12-6-15(7-13-19)14-20(22)18-10-8-17(9-11-18)16-4-2-1-3-5-16/h1-13H,14H2. The van der Waals surface area contributed by atoms with E-state index in [2.05, 4.69) is 28.1 Å². The number of halogens is 1. The Balaban J connectivity index is 1.75. The van der Waals surface area contributed by atoms with Gasteiger partial charge in [0.15, 0.2) is 5.78 Å². The molecule has 1 nitrogen and oxygen atoms in total. The van der Waals surface area contributed by atoms with Crippen LogP contribution < -0.4 is 0 Å². The van der Waals surface area contributed by atoms with Crippen molar-refractivity contribution in [3.05, 3.63) is 94.5 Å². The summed E-state index contributed by atoms with van der Waals surface area (Å²) in [6, 6.07) is 25.9. The van der Waals surface area contributed by atoms with Crippen LogP contribution in [0.4, 0.5) is 0 Å². The highest BCUT2D eigenvalue weighted by Crippen LogP contribution is 2.20. The minimum absolute atomic E-state index is 0.141.